The average Bonchev–Trinajstić information content (AvgIpc) is 2.93. The van der Waals surface area contributed by atoms with Crippen LogP contribution in [0.5, 0.6) is 5.75 Å². The van der Waals surface area contributed by atoms with Crippen LogP contribution in [0.1, 0.15) is 25.0 Å². The first-order chi connectivity index (χ1) is 14.2. The van der Waals surface area contributed by atoms with E-state index in [1.165, 1.54) is 0 Å². The fraction of sp³-hybridized carbons (Fsp3) is 0.227. The summed E-state index contributed by atoms with van der Waals surface area (Å²) in [7, 11) is 0. The van der Waals surface area contributed by atoms with E-state index in [4.69, 9.17) is 16.3 Å². The predicted molar refractivity (Wildman–Crippen MR) is 120 cm³/mol. The van der Waals surface area contributed by atoms with Crippen LogP contribution in [0, 0.1) is 6.92 Å². The van der Waals surface area contributed by atoms with Crippen molar-refractivity contribution in [2.24, 2.45) is 0 Å². The predicted octanol–water partition coefficient (Wildman–Crippen LogP) is 5.11. The normalized spacial score (nSPS) is 15.2. The lowest BCUT2D eigenvalue weighted by Gasteiger charge is -2.13. The van der Waals surface area contributed by atoms with E-state index < -0.39 is 17.1 Å². The quantitative estimate of drug-likeness (QED) is 0.626. The zero-order chi connectivity index (χ0) is 21.8. The second kappa shape index (κ2) is 9.36. The number of nitrogens with zero attached hydrogens (tertiary/aromatic N) is 1. The molecular weight excluding hydrogens is 424 g/mol. The Bertz CT molecular complexity index is 1020. The van der Waals surface area contributed by atoms with Gasteiger partial charge in [-0.25, -0.2) is 0 Å². The summed E-state index contributed by atoms with van der Waals surface area (Å²) >= 11 is 6.87. The van der Waals surface area contributed by atoms with Gasteiger partial charge in [0, 0.05) is 10.7 Å². The first-order valence-corrected chi connectivity index (χ1v) is 10.5. The van der Waals surface area contributed by atoms with Crippen molar-refractivity contribution < 1.29 is 19.1 Å². The minimum absolute atomic E-state index is 0.0643. The third-order valence-electron chi connectivity index (χ3n) is 4.18. The Morgan fingerprint density at radius 2 is 1.90 bits per heavy atom. The number of benzene rings is 2. The Labute approximate surface area is 184 Å². The third-order valence-corrected chi connectivity index (χ3v) is 5.50. The SMILES string of the molecule is Cc1ccc(NC(=O)CN2C(=O)S/C(=C\c3ccc(OC(C)C)cc3)C2=O)cc1Cl. The van der Waals surface area contributed by atoms with Crippen molar-refractivity contribution >= 4 is 52.2 Å². The Balaban J connectivity index is 1.65. The summed E-state index contributed by atoms with van der Waals surface area (Å²) in [5, 5.41) is 2.69. The first kappa shape index (κ1) is 21.9. The number of anilines is 1. The molecule has 30 heavy (non-hydrogen) atoms. The second-order valence-corrected chi connectivity index (χ2v) is 8.42. The fourth-order valence-corrected chi connectivity index (χ4v) is 3.74. The van der Waals surface area contributed by atoms with Crippen LogP contribution >= 0.6 is 23.4 Å². The van der Waals surface area contributed by atoms with E-state index in [1.54, 1.807) is 48.5 Å². The van der Waals surface area contributed by atoms with Crippen LogP contribution in [-0.4, -0.2) is 34.6 Å². The number of amides is 3. The molecule has 1 aliphatic heterocycles. The molecule has 0 aliphatic carbocycles. The number of carbonyl (C=O) groups is 3. The number of ether oxygens (including phenoxy) is 1. The van der Waals surface area contributed by atoms with Crippen molar-refractivity contribution in [1.82, 2.24) is 4.90 Å². The highest BCUT2D eigenvalue weighted by Crippen LogP contribution is 2.32. The van der Waals surface area contributed by atoms with Gasteiger partial charge < -0.3 is 10.1 Å². The van der Waals surface area contributed by atoms with E-state index in [-0.39, 0.29) is 17.6 Å². The molecular formula is C22H21ClN2O4S. The zero-order valence-corrected chi connectivity index (χ0v) is 18.3. The van der Waals surface area contributed by atoms with Crippen LogP contribution in [0.25, 0.3) is 6.08 Å². The number of hydrogen-bond donors (Lipinski definition) is 1. The number of hydrogen-bond acceptors (Lipinski definition) is 5. The Hall–Kier alpha value is -2.77. The van der Waals surface area contributed by atoms with Crippen LogP contribution in [0.2, 0.25) is 5.02 Å². The van der Waals surface area contributed by atoms with E-state index in [2.05, 4.69) is 5.32 Å². The van der Waals surface area contributed by atoms with E-state index in [0.29, 0.717) is 10.7 Å². The standard InChI is InChI=1S/C22H21ClN2O4S/c1-13(2)29-17-8-5-15(6-9-17)10-19-21(27)25(22(28)30-19)12-20(26)24-16-7-4-14(3)18(23)11-16/h4-11,13H,12H2,1-3H3,(H,24,26)/b19-10-. The highest BCUT2D eigenvalue weighted by Gasteiger charge is 2.36. The van der Waals surface area contributed by atoms with Crippen LogP contribution in [-0.2, 0) is 9.59 Å². The summed E-state index contributed by atoms with van der Waals surface area (Å²) in [5.41, 5.74) is 2.15. The van der Waals surface area contributed by atoms with Gasteiger partial charge in [0.2, 0.25) is 5.91 Å². The Morgan fingerprint density at radius 3 is 2.53 bits per heavy atom. The first-order valence-electron chi connectivity index (χ1n) is 9.31. The second-order valence-electron chi connectivity index (χ2n) is 7.02. The van der Waals surface area contributed by atoms with Crippen molar-refractivity contribution in [1.29, 1.82) is 0 Å². The summed E-state index contributed by atoms with van der Waals surface area (Å²) in [5.74, 6) is -0.249. The van der Waals surface area contributed by atoms with Crippen molar-refractivity contribution in [3.8, 4) is 5.75 Å². The molecule has 2 aromatic carbocycles. The number of nitrogens with one attached hydrogen (secondary N) is 1. The topological polar surface area (TPSA) is 75.7 Å². The molecule has 1 saturated heterocycles. The molecule has 1 fully saturated rings. The molecule has 1 heterocycles. The monoisotopic (exact) mass is 444 g/mol. The highest BCUT2D eigenvalue weighted by molar-refractivity contribution is 8.18. The lowest BCUT2D eigenvalue weighted by molar-refractivity contribution is -0.127. The van der Waals surface area contributed by atoms with Gasteiger partial charge in [0.05, 0.1) is 11.0 Å². The molecule has 2 aromatic rings. The summed E-state index contributed by atoms with van der Waals surface area (Å²) in [4.78, 5) is 38.4. The molecule has 6 nitrogen and oxygen atoms in total. The number of rotatable bonds is 6. The van der Waals surface area contributed by atoms with E-state index >= 15 is 0 Å². The molecule has 0 bridgehead atoms. The summed E-state index contributed by atoms with van der Waals surface area (Å²) in [6.07, 6.45) is 1.69. The van der Waals surface area contributed by atoms with Gasteiger partial charge in [-0.15, -0.1) is 0 Å². The number of thioether (sulfide) groups is 1. The summed E-state index contributed by atoms with van der Waals surface area (Å²) < 4.78 is 5.59. The van der Waals surface area contributed by atoms with Crippen molar-refractivity contribution in [3.05, 3.63) is 63.5 Å². The molecule has 8 heteroatoms. The van der Waals surface area contributed by atoms with Gasteiger partial charge in [-0.3, -0.25) is 19.3 Å². The maximum atomic E-state index is 12.6. The maximum absolute atomic E-state index is 12.6. The molecule has 0 radical (unpaired) electrons. The third kappa shape index (κ3) is 5.43. The lowest BCUT2D eigenvalue weighted by atomic mass is 10.2. The molecule has 0 saturated carbocycles. The minimum atomic E-state index is -0.496. The van der Waals surface area contributed by atoms with Gasteiger partial charge in [-0.05, 0) is 74.0 Å². The Kier molecular flexibility index (Phi) is 6.84. The molecule has 0 aromatic heterocycles. The van der Waals surface area contributed by atoms with E-state index in [1.807, 2.05) is 20.8 Å². The van der Waals surface area contributed by atoms with Crippen molar-refractivity contribution in [2.45, 2.75) is 26.9 Å². The van der Waals surface area contributed by atoms with Gasteiger partial charge in [0.25, 0.3) is 11.1 Å². The Morgan fingerprint density at radius 1 is 1.20 bits per heavy atom. The molecule has 0 atom stereocenters. The number of halogens is 1. The van der Waals surface area contributed by atoms with Gasteiger partial charge in [0.1, 0.15) is 12.3 Å². The van der Waals surface area contributed by atoms with Crippen LogP contribution in [0.3, 0.4) is 0 Å². The summed E-state index contributed by atoms with van der Waals surface area (Å²) in [6, 6.07) is 12.3. The van der Waals surface area contributed by atoms with E-state index in [0.717, 1.165) is 33.5 Å². The molecule has 0 unspecified atom stereocenters. The molecule has 0 spiro atoms. The number of carbonyl (C=O) groups excluding carboxylic acids is 3. The lowest BCUT2D eigenvalue weighted by Crippen LogP contribution is -2.36. The number of imide groups is 1. The molecule has 1 aliphatic rings. The van der Waals surface area contributed by atoms with Crippen LogP contribution in [0.4, 0.5) is 10.5 Å². The van der Waals surface area contributed by atoms with Gasteiger partial charge in [0.15, 0.2) is 0 Å². The van der Waals surface area contributed by atoms with Gasteiger partial charge in [-0.2, -0.15) is 0 Å². The smallest absolute Gasteiger partial charge is 0.294 e. The molecule has 1 N–H and O–H groups in total. The van der Waals surface area contributed by atoms with Crippen LogP contribution < -0.4 is 10.1 Å². The van der Waals surface area contributed by atoms with E-state index in [9.17, 15) is 14.4 Å². The largest absolute Gasteiger partial charge is 0.491 e. The van der Waals surface area contributed by atoms with Crippen molar-refractivity contribution in [3.63, 3.8) is 0 Å². The summed E-state index contributed by atoms with van der Waals surface area (Å²) in [6.45, 7) is 5.36. The molecule has 3 rings (SSSR count). The minimum Gasteiger partial charge on any atom is -0.491 e. The van der Waals surface area contributed by atoms with Gasteiger partial charge in [-0.1, -0.05) is 29.8 Å². The fourth-order valence-electron chi connectivity index (χ4n) is 2.72. The van der Waals surface area contributed by atoms with Gasteiger partial charge >= 0.3 is 0 Å². The average molecular weight is 445 g/mol. The van der Waals surface area contributed by atoms with Crippen molar-refractivity contribution in [2.75, 3.05) is 11.9 Å². The highest BCUT2D eigenvalue weighted by atomic mass is 35.5. The molecule has 3 amide bonds. The zero-order valence-electron chi connectivity index (χ0n) is 16.8. The molecule has 156 valence electrons. The number of aryl methyl sites for hydroxylation is 1. The van der Waals surface area contributed by atoms with Crippen LogP contribution in [0.15, 0.2) is 47.4 Å². The maximum Gasteiger partial charge on any atom is 0.294 e.